The van der Waals surface area contributed by atoms with Crippen LogP contribution in [-0.2, 0) is 11.3 Å². The molecule has 6 nitrogen and oxygen atoms in total. The summed E-state index contributed by atoms with van der Waals surface area (Å²) in [6.45, 7) is 0.667. The Morgan fingerprint density at radius 1 is 1.58 bits per heavy atom. The average Bonchev–Trinajstić information content (AvgIpc) is 2.77. The van der Waals surface area contributed by atoms with Crippen molar-refractivity contribution in [3.63, 3.8) is 0 Å². The molecule has 1 aliphatic carbocycles. The Morgan fingerprint density at radius 2 is 2.42 bits per heavy atom. The summed E-state index contributed by atoms with van der Waals surface area (Å²) in [6, 6.07) is 3.97. The maximum atomic E-state index is 11.4. The molecule has 0 spiro atoms. The van der Waals surface area contributed by atoms with Crippen molar-refractivity contribution in [2.75, 3.05) is 7.11 Å². The van der Waals surface area contributed by atoms with Gasteiger partial charge in [0.15, 0.2) is 11.5 Å². The van der Waals surface area contributed by atoms with Gasteiger partial charge in [-0.2, -0.15) is 0 Å². The van der Waals surface area contributed by atoms with Gasteiger partial charge < -0.3 is 10.1 Å². The molecule has 100 valence electrons. The van der Waals surface area contributed by atoms with Gasteiger partial charge in [-0.3, -0.25) is 0 Å². The fraction of sp³-hybridized carbons (Fsp3) is 0.462. The second-order valence-corrected chi connectivity index (χ2v) is 4.75. The highest BCUT2D eigenvalue weighted by molar-refractivity contribution is 5.90. The molecule has 2 aromatic rings. The minimum absolute atomic E-state index is 0.361. The topological polar surface area (TPSA) is 68.5 Å². The Hall–Kier alpha value is -1.95. The van der Waals surface area contributed by atoms with Crippen LogP contribution < -0.4 is 5.32 Å². The van der Waals surface area contributed by atoms with E-state index in [1.54, 1.807) is 22.8 Å². The summed E-state index contributed by atoms with van der Waals surface area (Å²) in [7, 11) is 1.37. The number of carbonyl (C=O) groups is 1. The molecule has 6 heteroatoms. The summed E-state index contributed by atoms with van der Waals surface area (Å²) in [6.07, 6.45) is 5.50. The lowest BCUT2D eigenvalue weighted by molar-refractivity contribution is 0.0600. The number of hydrogen-bond acceptors (Lipinski definition) is 5. The summed E-state index contributed by atoms with van der Waals surface area (Å²) in [5.74, 6) is 0.383. The van der Waals surface area contributed by atoms with E-state index in [0.717, 1.165) is 5.82 Å². The van der Waals surface area contributed by atoms with Crippen molar-refractivity contribution in [1.29, 1.82) is 0 Å². The molecule has 1 saturated carbocycles. The molecule has 0 amide bonds. The maximum absolute atomic E-state index is 11.4. The highest BCUT2D eigenvalue weighted by Crippen LogP contribution is 2.18. The van der Waals surface area contributed by atoms with Crippen molar-refractivity contribution in [3.05, 3.63) is 29.7 Å². The molecular weight excluding hydrogens is 244 g/mol. The Balaban J connectivity index is 1.77. The minimum atomic E-state index is -0.361. The van der Waals surface area contributed by atoms with Crippen molar-refractivity contribution in [2.24, 2.45) is 0 Å². The van der Waals surface area contributed by atoms with Crippen LogP contribution in [0.15, 0.2) is 18.3 Å². The van der Waals surface area contributed by atoms with Crippen LogP contribution in [0.4, 0.5) is 0 Å². The maximum Gasteiger partial charge on any atom is 0.338 e. The van der Waals surface area contributed by atoms with Gasteiger partial charge >= 0.3 is 5.97 Å². The number of rotatable bonds is 4. The molecule has 19 heavy (non-hydrogen) atoms. The predicted octanol–water partition coefficient (Wildman–Crippen LogP) is 1.16. The number of carbonyl (C=O) groups excluding carboxylic acids is 1. The first-order valence-electron chi connectivity index (χ1n) is 6.43. The number of fused-ring (bicyclic) bond motifs is 1. The van der Waals surface area contributed by atoms with Crippen molar-refractivity contribution in [3.8, 4) is 0 Å². The van der Waals surface area contributed by atoms with E-state index >= 15 is 0 Å². The molecule has 1 fully saturated rings. The molecule has 2 heterocycles. The second kappa shape index (κ2) is 4.97. The zero-order valence-electron chi connectivity index (χ0n) is 10.8. The van der Waals surface area contributed by atoms with Gasteiger partial charge in [-0.25, -0.2) is 14.3 Å². The van der Waals surface area contributed by atoms with E-state index in [4.69, 9.17) is 0 Å². The second-order valence-electron chi connectivity index (χ2n) is 4.75. The standard InChI is InChI=1S/C13H16N4O2/c1-19-13(18)9-5-6-17-12(7-9)15-11(16-17)8-14-10-3-2-4-10/h5-7,10,14H,2-4,8H2,1H3. The fourth-order valence-corrected chi connectivity index (χ4v) is 2.10. The summed E-state index contributed by atoms with van der Waals surface area (Å²) < 4.78 is 6.36. The summed E-state index contributed by atoms with van der Waals surface area (Å²) in [5, 5.41) is 7.78. The normalized spacial score (nSPS) is 15.4. The van der Waals surface area contributed by atoms with Crippen LogP contribution in [0.2, 0.25) is 0 Å². The van der Waals surface area contributed by atoms with Crippen molar-refractivity contribution in [2.45, 2.75) is 31.8 Å². The number of methoxy groups -OCH3 is 1. The molecular formula is C13H16N4O2. The third-order valence-electron chi connectivity index (χ3n) is 3.46. The van der Waals surface area contributed by atoms with Gasteiger partial charge in [0.05, 0.1) is 19.2 Å². The highest BCUT2D eigenvalue weighted by Gasteiger charge is 2.17. The lowest BCUT2D eigenvalue weighted by Gasteiger charge is -2.25. The molecule has 0 bridgehead atoms. The Labute approximate surface area is 110 Å². The predicted molar refractivity (Wildman–Crippen MR) is 68.8 cm³/mol. The molecule has 2 aromatic heterocycles. The lowest BCUT2D eigenvalue weighted by atomic mass is 9.93. The Kier molecular flexibility index (Phi) is 3.16. The van der Waals surface area contributed by atoms with E-state index in [1.165, 1.54) is 26.4 Å². The van der Waals surface area contributed by atoms with Crippen LogP contribution in [0, 0.1) is 0 Å². The zero-order valence-corrected chi connectivity index (χ0v) is 10.8. The molecule has 0 unspecified atom stereocenters. The molecule has 1 N–H and O–H groups in total. The molecule has 0 atom stereocenters. The SMILES string of the molecule is COC(=O)c1ccn2nc(CNC3CCC3)nc2c1. The van der Waals surface area contributed by atoms with Crippen LogP contribution in [0.1, 0.15) is 35.4 Å². The van der Waals surface area contributed by atoms with E-state index in [9.17, 15) is 4.79 Å². The first-order chi connectivity index (χ1) is 9.26. The van der Waals surface area contributed by atoms with Crippen LogP contribution in [0.25, 0.3) is 5.65 Å². The quantitative estimate of drug-likeness (QED) is 0.835. The van der Waals surface area contributed by atoms with E-state index in [0.29, 0.717) is 23.8 Å². The van der Waals surface area contributed by atoms with Crippen LogP contribution in [0.3, 0.4) is 0 Å². The van der Waals surface area contributed by atoms with Gasteiger partial charge in [0.25, 0.3) is 0 Å². The third kappa shape index (κ3) is 2.44. The molecule has 1 aliphatic rings. The van der Waals surface area contributed by atoms with Crippen molar-refractivity contribution in [1.82, 2.24) is 19.9 Å². The van der Waals surface area contributed by atoms with Gasteiger partial charge in [0.1, 0.15) is 0 Å². The van der Waals surface area contributed by atoms with Gasteiger partial charge in [-0.15, -0.1) is 5.10 Å². The number of ether oxygens (including phenoxy) is 1. The first-order valence-corrected chi connectivity index (χ1v) is 6.43. The number of pyridine rings is 1. The highest BCUT2D eigenvalue weighted by atomic mass is 16.5. The molecule has 0 aliphatic heterocycles. The van der Waals surface area contributed by atoms with Crippen LogP contribution in [0.5, 0.6) is 0 Å². The van der Waals surface area contributed by atoms with E-state index in [1.807, 2.05) is 0 Å². The molecule has 0 radical (unpaired) electrons. The number of nitrogens with zero attached hydrogens (tertiary/aromatic N) is 3. The molecule has 0 aromatic carbocycles. The van der Waals surface area contributed by atoms with Crippen LogP contribution in [-0.4, -0.2) is 33.7 Å². The van der Waals surface area contributed by atoms with Crippen LogP contribution >= 0.6 is 0 Å². The van der Waals surface area contributed by atoms with Gasteiger partial charge in [-0.1, -0.05) is 6.42 Å². The first kappa shape index (κ1) is 12.1. The zero-order chi connectivity index (χ0) is 13.2. The van der Waals surface area contributed by atoms with Gasteiger partial charge in [-0.05, 0) is 25.0 Å². The Bertz CT molecular complexity index is 604. The number of hydrogen-bond donors (Lipinski definition) is 1. The summed E-state index contributed by atoms with van der Waals surface area (Å²) >= 11 is 0. The van der Waals surface area contributed by atoms with Crippen molar-refractivity contribution >= 4 is 11.6 Å². The van der Waals surface area contributed by atoms with E-state index in [-0.39, 0.29) is 5.97 Å². The fourth-order valence-electron chi connectivity index (χ4n) is 2.10. The number of aromatic nitrogens is 3. The lowest BCUT2D eigenvalue weighted by Crippen LogP contribution is -2.34. The third-order valence-corrected chi connectivity index (χ3v) is 3.46. The summed E-state index contributed by atoms with van der Waals surface area (Å²) in [4.78, 5) is 15.8. The number of nitrogens with one attached hydrogen (secondary N) is 1. The molecule has 3 rings (SSSR count). The largest absolute Gasteiger partial charge is 0.465 e. The van der Waals surface area contributed by atoms with E-state index in [2.05, 4.69) is 20.1 Å². The number of esters is 1. The summed E-state index contributed by atoms with van der Waals surface area (Å²) in [5.41, 5.74) is 1.15. The van der Waals surface area contributed by atoms with E-state index < -0.39 is 0 Å². The van der Waals surface area contributed by atoms with Gasteiger partial charge in [0, 0.05) is 12.2 Å². The van der Waals surface area contributed by atoms with Gasteiger partial charge in [0.2, 0.25) is 0 Å². The minimum Gasteiger partial charge on any atom is -0.465 e. The molecule has 0 saturated heterocycles. The monoisotopic (exact) mass is 260 g/mol. The Morgan fingerprint density at radius 3 is 3.11 bits per heavy atom. The average molecular weight is 260 g/mol. The smallest absolute Gasteiger partial charge is 0.338 e. The van der Waals surface area contributed by atoms with Crippen molar-refractivity contribution < 1.29 is 9.53 Å².